The molecule has 0 radical (unpaired) electrons. The molecule has 0 atom stereocenters. The van der Waals surface area contributed by atoms with Gasteiger partial charge >= 0.3 is 0 Å². The van der Waals surface area contributed by atoms with E-state index in [9.17, 15) is 8.42 Å². The van der Waals surface area contributed by atoms with Gasteiger partial charge in [0.15, 0.2) is 0 Å². The van der Waals surface area contributed by atoms with Crippen molar-refractivity contribution in [3.8, 4) is 0 Å². The summed E-state index contributed by atoms with van der Waals surface area (Å²) >= 11 is 0. The maximum Gasteiger partial charge on any atom is 0.212 e. The van der Waals surface area contributed by atoms with Crippen molar-refractivity contribution in [3.63, 3.8) is 0 Å². The van der Waals surface area contributed by atoms with Crippen molar-refractivity contribution >= 4 is 10.0 Å². The summed E-state index contributed by atoms with van der Waals surface area (Å²) in [5.41, 5.74) is 0. The van der Waals surface area contributed by atoms with Gasteiger partial charge in [-0.25, -0.2) is 13.1 Å². The molecule has 6 heteroatoms. The number of sulfonamides is 1. The summed E-state index contributed by atoms with van der Waals surface area (Å²) in [7, 11) is -1.51. The highest BCUT2D eigenvalue weighted by atomic mass is 32.2. The second-order valence-corrected chi connectivity index (χ2v) is 5.24. The van der Waals surface area contributed by atoms with E-state index >= 15 is 0 Å². The van der Waals surface area contributed by atoms with Crippen molar-refractivity contribution < 1.29 is 13.2 Å². The van der Waals surface area contributed by atoms with Gasteiger partial charge in [-0.2, -0.15) is 0 Å². The third kappa shape index (κ3) is 10.1. The van der Waals surface area contributed by atoms with Crippen LogP contribution >= 0.6 is 0 Å². The van der Waals surface area contributed by atoms with E-state index in [4.69, 9.17) is 4.74 Å². The number of rotatable bonds is 10. The van der Waals surface area contributed by atoms with Gasteiger partial charge in [-0.3, -0.25) is 0 Å². The van der Waals surface area contributed by atoms with E-state index in [1.807, 2.05) is 6.92 Å². The van der Waals surface area contributed by atoms with Crippen molar-refractivity contribution in [1.29, 1.82) is 0 Å². The summed E-state index contributed by atoms with van der Waals surface area (Å²) < 4.78 is 30.1. The van der Waals surface area contributed by atoms with Gasteiger partial charge in [-0.15, -0.1) is 0 Å². The first kappa shape index (κ1) is 14.8. The minimum absolute atomic E-state index is 0.139. The smallest absolute Gasteiger partial charge is 0.212 e. The maximum absolute atomic E-state index is 11.4. The van der Waals surface area contributed by atoms with Crippen LogP contribution in [-0.4, -0.2) is 47.5 Å². The lowest BCUT2D eigenvalue weighted by molar-refractivity contribution is 0.196. The zero-order valence-electron chi connectivity index (χ0n) is 9.58. The lowest BCUT2D eigenvalue weighted by atomic mass is 10.5. The summed E-state index contributed by atoms with van der Waals surface area (Å²) in [4.78, 5) is 0. The molecule has 0 aromatic rings. The quantitative estimate of drug-likeness (QED) is 0.523. The monoisotopic (exact) mass is 238 g/mol. The summed E-state index contributed by atoms with van der Waals surface area (Å²) in [6, 6.07) is 0. The summed E-state index contributed by atoms with van der Waals surface area (Å²) in [5, 5.41) is 3.05. The van der Waals surface area contributed by atoms with Crippen LogP contribution in [0.1, 0.15) is 19.8 Å². The van der Waals surface area contributed by atoms with E-state index < -0.39 is 10.0 Å². The lowest BCUT2D eigenvalue weighted by Gasteiger charge is -2.06. The first-order chi connectivity index (χ1) is 7.12. The largest absolute Gasteiger partial charge is 0.385 e. The van der Waals surface area contributed by atoms with E-state index in [1.165, 1.54) is 0 Å². The Labute approximate surface area is 92.6 Å². The molecule has 0 fully saturated rings. The van der Waals surface area contributed by atoms with Crippen molar-refractivity contribution in [2.24, 2.45) is 0 Å². The van der Waals surface area contributed by atoms with E-state index in [0.29, 0.717) is 26.1 Å². The predicted molar refractivity (Wildman–Crippen MR) is 61.4 cm³/mol. The highest BCUT2D eigenvalue weighted by Crippen LogP contribution is 1.85. The third-order valence-electron chi connectivity index (χ3n) is 1.82. The van der Waals surface area contributed by atoms with E-state index in [1.54, 1.807) is 7.11 Å². The molecule has 5 nitrogen and oxygen atoms in total. The molecule has 0 heterocycles. The molecule has 0 saturated heterocycles. The maximum atomic E-state index is 11.4. The Bertz CT molecular complexity index is 212. The van der Waals surface area contributed by atoms with Crippen molar-refractivity contribution in [1.82, 2.24) is 10.0 Å². The third-order valence-corrected chi connectivity index (χ3v) is 3.21. The SMILES string of the molecule is CCCNCCS(=O)(=O)NCCCOC. The number of methoxy groups -OCH3 is 1. The molecule has 0 aliphatic carbocycles. The van der Waals surface area contributed by atoms with Crippen molar-refractivity contribution in [2.75, 3.05) is 39.1 Å². The highest BCUT2D eigenvalue weighted by Gasteiger charge is 2.07. The van der Waals surface area contributed by atoms with Crippen LogP contribution in [0.3, 0.4) is 0 Å². The van der Waals surface area contributed by atoms with Gasteiger partial charge in [0.05, 0.1) is 5.75 Å². The van der Waals surface area contributed by atoms with Crippen molar-refractivity contribution in [2.45, 2.75) is 19.8 Å². The Kier molecular flexibility index (Phi) is 8.98. The average molecular weight is 238 g/mol. The predicted octanol–water partition coefficient (Wildman–Crippen LogP) is -0.0581. The van der Waals surface area contributed by atoms with Crippen LogP contribution in [0.4, 0.5) is 0 Å². The van der Waals surface area contributed by atoms with E-state index in [2.05, 4.69) is 10.0 Å². The van der Waals surface area contributed by atoms with Crippen LogP contribution in [0.2, 0.25) is 0 Å². The van der Waals surface area contributed by atoms with Crippen LogP contribution in [-0.2, 0) is 14.8 Å². The molecule has 0 spiro atoms. The van der Waals surface area contributed by atoms with Crippen LogP contribution in [0, 0.1) is 0 Å². The fraction of sp³-hybridized carbons (Fsp3) is 1.00. The molecule has 0 saturated carbocycles. The van der Waals surface area contributed by atoms with Gasteiger partial charge in [0.2, 0.25) is 10.0 Å². The summed E-state index contributed by atoms with van der Waals surface area (Å²) in [6.07, 6.45) is 1.72. The fourth-order valence-corrected chi connectivity index (χ4v) is 2.04. The van der Waals surface area contributed by atoms with Gasteiger partial charge in [-0.05, 0) is 19.4 Å². The molecule has 15 heavy (non-hydrogen) atoms. The van der Waals surface area contributed by atoms with Crippen molar-refractivity contribution in [3.05, 3.63) is 0 Å². The van der Waals surface area contributed by atoms with Crippen LogP contribution in [0.25, 0.3) is 0 Å². The molecule has 0 amide bonds. The van der Waals surface area contributed by atoms with Crippen LogP contribution < -0.4 is 10.0 Å². The number of ether oxygens (including phenoxy) is 1. The first-order valence-electron chi connectivity index (χ1n) is 5.29. The summed E-state index contributed by atoms with van der Waals surface area (Å²) in [5.74, 6) is 0.139. The molecular formula is C9H22N2O3S. The zero-order chi connectivity index (χ0) is 11.6. The van der Waals surface area contributed by atoms with E-state index in [-0.39, 0.29) is 5.75 Å². The van der Waals surface area contributed by atoms with E-state index in [0.717, 1.165) is 13.0 Å². The van der Waals surface area contributed by atoms with Gasteiger partial charge in [-0.1, -0.05) is 6.92 Å². The molecule has 0 aliphatic heterocycles. The van der Waals surface area contributed by atoms with Crippen LogP contribution in [0.5, 0.6) is 0 Å². The Morgan fingerprint density at radius 1 is 1.20 bits per heavy atom. The molecular weight excluding hydrogens is 216 g/mol. The lowest BCUT2D eigenvalue weighted by Crippen LogP contribution is -2.33. The Balaban J connectivity index is 3.50. The molecule has 0 bridgehead atoms. The highest BCUT2D eigenvalue weighted by molar-refractivity contribution is 7.89. The zero-order valence-corrected chi connectivity index (χ0v) is 10.4. The normalized spacial score (nSPS) is 11.9. The standard InChI is InChI=1S/C9H22N2O3S/c1-3-5-10-7-9-15(12,13)11-6-4-8-14-2/h10-11H,3-9H2,1-2H3. The Hall–Kier alpha value is -0.170. The summed E-state index contributed by atoms with van der Waals surface area (Å²) in [6.45, 7) is 4.44. The minimum atomic E-state index is -3.11. The topological polar surface area (TPSA) is 67.4 Å². The Morgan fingerprint density at radius 2 is 1.93 bits per heavy atom. The second kappa shape index (κ2) is 9.08. The van der Waals surface area contributed by atoms with Gasteiger partial charge < -0.3 is 10.1 Å². The minimum Gasteiger partial charge on any atom is -0.385 e. The first-order valence-corrected chi connectivity index (χ1v) is 6.94. The number of nitrogens with one attached hydrogen (secondary N) is 2. The van der Waals surface area contributed by atoms with Crippen LogP contribution in [0.15, 0.2) is 0 Å². The molecule has 0 aliphatic rings. The molecule has 0 unspecified atom stereocenters. The molecule has 0 aromatic heterocycles. The average Bonchev–Trinajstić information content (AvgIpc) is 2.20. The molecule has 2 N–H and O–H groups in total. The van der Waals surface area contributed by atoms with Gasteiger partial charge in [0.1, 0.15) is 0 Å². The Morgan fingerprint density at radius 3 is 2.53 bits per heavy atom. The number of hydrogen-bond acceptors (Lipinski definition) is 4. The molecule has 0 rings (SSSR count). The number of hydrogen-bond donors (Lipinski definition) is 2. The second-order valence-electron chi connectivity index (χ2n) is 3.31. The molecule has 0 aromatic carbocycles. The molecule has 92 valence electrons. The van der Waals surface area contributed by atoms with Gasteiger partial charge in [0, 0.05) is 26.8 Å². The fourth-order valence-electron chi connectivity index (χ4n) is 1.02. The van der Waals surface area contributed by atoms with Gasteiger partial charge in [0.25, 0.3) is 0 Å².